The van der Waals surface area contributed by atoms with Gasteiger partial charge in [0.25, 0.3) is 5.91 Å². The fourth-order valence-corrected chi connectivity index (χ4v) is 4.28. The lowest BCUT2D eigenvalue weighted by atomic mass is 10.1. The van der Waals surface area contributed by atoms with E-state index in [2.05, 4.69) is 32.0 Å². The van der Waals surface area contributed by atoms with E-state index in [0.717, 1.165) is 16.1 Å². The Hall–Kier alpha value is -3.26. The van der Waals surface area contributed by atoms with E-state index < -0.39 is 0 Å². The molecular weight excluding hydrogens is 396 g/mol. The monoisotopic (exact) mass is 420 g/mol. The maximum atomic E-state index is 12.6. The van der Waals surface area contributed by atoms with Gasteiger partial charge >= 0.3 is 0 Å². The van der Waals surface area contributed by atoms with Crippen LogP contribution in [0.4, 0.5) is 17.3 Å². The van der Waals surface area contributed by atoms with E-state index >= 15 is 0 Å². The fraction of sp³-hybridized carbons (Fsp3) is 0.273. The summed E-state index contributed by atoms with van der Waals surface area (Å²) >= 11 is 1.59. The first-order valence-corrected chi connectivity index (χ1v) is 10.7. The summed E-state index contributed by atoms with van der Waals surface area (Å²) in [5.74, 6) is 1.74. The summed E-state index contributed by atoms with van der Waals surface area (Å²) in [5.41, 5.74) is 2.26. The van der Waals surface area contributed by atoms with Crippen LogP contribution in [0.1, 0.15) is 57.5 Å². The zero-order chi connectivity index (χ0) is 21.1. The highest BCUT2D eigenvalue weighted by Crippen LogP contribution is 2.43. The van der Waals surface area contributed by atoms with Gasteiger partial charge < -0.3 is 21.4 Å². The number of carbonyl (C=O) groups excluding carboxylic acids is 1. The largest absolute Gasteiger partial charge is 0.371 e. The van der Waals surface area contributed by atoms with E-state index in [9.17, 15) is 4.79 Å². The number of nitrogens with zero attached hydrogens (tertiary/aromatic N) is 2. The van der Waals surface area contributed by atoms with Crippen LogP contribution in [0.2, 0.25) is 0 Å². The van der Waals surface area contributed by atoms with Crippen molar-refractivity contribution in [2.24, 2.45) is 0 Å². The van der Waals surface area contributed by atoms with Gasteiger partial charge in [-0.15, -0.1) is 11.3 Å². The molecule has 8 heteroatoms. The van der Waals surface area contributed by atoms with Gasteiger partial charge in [0.2, 0.25) is 0 Å². The van der Waals surface area contributed by atoms with Gasteiger partial charge in [-0.25, -0.2) is 9.97 Å². The van der Waals surface area contributed by atoms with E-state index in [1.54, 1.807) is 24.6 Å². The second-order valence-corrected chi connectivity index (χ2v) is 8.42. The third-order valence-corrected chi connectivity index (χ3v) is 6.26. The Kier molecular flexibility index (Phi) is 5.76. The van der Waals surface area contributed by atoms with Gasteiger partial charge in [-0.2, -0.15) is 0 Å². The van der Waals surface area contributed by atoms with Crippen LogP contribution in [0.3, 0.4) is 0 Å². The average Bonchev–Trinajstić information content (AvgIpc) is 3.50. The van der Waals surface area contributed by atoms with Crippen LogP contribution >= 0.6 is 11.3 Å². The molecule has 1 aliphatic carbocycles. The van der Waals surface area contributed by atoms with Crippen molar-refractivity contribution in [2.75, 3.05) is 23.0 Å². The molecule has 4 N–H and O–H groups in total. The Balaban J connectivity index is 1.44. The first-order valence-electron chi connectivity index (χ1n) is 9.90. The van der Waals surface area contributed by atoms with Crippen LogP contribution in [0.25, 0.3) is 0 Å². The van der Waals surface area contributed by atoms with Gasteiger partial charge in [-0.05, 0) is 55.5 Å². The number of nitrogens with one attached hydrogen (secondary N) is 4. The number of amides is 1. The van der Waals surface area contributed by atoms with Crippen molar-refractivity contribution < 1.29 is 4.79 Å². The third-order valence-electron chi connectivity index (χ3n) is 5.01. The zero-order valence-corrected chi connectivity index (χ0v) is 17.7. The Morgan fingerprint density at radius 2 is 2.13 bits per heavy atom. The van der Waals surface area contributed by atoms with E-state index in [1.165, 1.54) is 23.9 Å². The Bertz CT molecular complexity index is 1070. The van der Waals surface area contributed by atoms with Crippen LogP contribution in [0.15, 0.2) is 42.6 Å². The molecule has 1 aliphatic rings. The summed E-state index contributed by atoms with van der Waals surface area (Å²) in [6.07, 6.45) is 5.24. The molecule has 0 unspecified atom stereocenters. The molecule has 2 aromatic heterocycles. The molecule has 0 radical (unpaired) electrons. The highest BCUT2D eigenvalue weighted by atomic mass is 32.1. The molecule has 4 rings (SSSR count). The Morgan fingerprint density at radius 1 is 1.30 bits per heavy atom. The molecule has 0 bridgehead atoms. The number of carbonyl (C=O) groups is 1. The highest BCUT2D eigenvalue weighted by molar-refractivity contribution is 7.14. The number of rotatable bonds is 8. The first-order chi connectivity index (χ1) is 14.6. The van der Waals surface area contributed by atoms with Crippen molar-refractivity contribution in [3.05, 3.63) is 63.6 Å². The van der Waals surface area contributed by atoms with Crippen LogP contribution in [0.5, 0.6) is 0 Å². The van der Waals surface area contributed by atoms with Crippen molar-refractivity contribution in [1.29, 1.82) is 5.41 Å². The van der Waals surface area contributed by atoms with Crippen molar-refractivity contribution >= 4 is 40.8 Å². The van der Waals surface area contributed by atoms with Gasteiger partial charge in [0, 0.05) is 23.8 Å². The van der Waals surface area contributed by atoms with E-state index in [0.29, 0.717) is 23.2 Å². The lowest BCUT2D eigenvalue weighted by molar-refractivity contribution is 0.103. The molecule has 1 saturated carbocycles. The summed E-state index contributed by atoms with van der Waals surface area (Å²) in [7, 11) is 1.75. The molecular formula is C22H24N6OS. The lowest BCUT2D eigenvalue weighted by Gasteiger charge is -2.17. The smallest absolute Gasteiger partial charge is 0.265 e. The molecule has 2 heterocycles. The van der Waals surface area contributed by atoms with Gasteiger partial charge in [0.05, 0.1) is 17.1 Å². The summed E-state index contributed by atoms with van der Waals surface area (Å²) < 4.78 is 0. The van der Waals surface area contributed by atoms with E-state index in [4.69, 9.17) is 5.41 Å². The molecule has 0 spiro atoms. The number of thiophene rings is 1. The van der Waals surface area contributed by atoms with Gasteiger partial charge in [0.15, 0.2) is 5.82 Å². The molecule has 154 valence electrons. The van der Waals surface area contributed by atoms with Gasteiger partial charge in [-0.3, -0.25) is 4.79 Å². The average molecular weight is 421 g/mol. The molecule has 3 aromatic rings. The number of hydrogen-bond donors (Lipinski definition) is 4. The molecule has 1 fully saturated rings. The maximum Gasteiger partial charge on any atom is 0.265 e. The first kappa shape index (κ1) is 20.0. The van der Waals surface area contributed by atoms with Crippen LogP contribution in [0, 0.1) is 5.41 Å². The van der Waals surface area contributed by atoms with Crippen molar-refractivity contribution in [3.63, 3.8) is 0 Å². The topological polar surface area (TPSA) is 103 Å². The van der Waals surface area contributed by atoms with Gasteiger partial charge in [0.1, 0.15) is 11.5 Å². The van der Waals surface area contributed by atoms with Crippen molar-refractivity contribution in [1.82, 2.24) is 9.97 Å². The van der Waals surface area contributed by atoms with E-state index in [1.807, 2.05) is 37.3 Å². The van der Waals surface area contributed by atoms with Crippen LogP contribution in [-0.2, 0) is 0 Å². The Morgan fingerprint density at radius 3 is 2.87 bits per heavy atom. The van der Waals surface area contributed by atoms with Crippen LogP contribution < -0.4 is 16.0 Å². The highest BCUT2D eigenvalue weighted by Gasteiger charge is 2.26. The van der Waals surface area contributed by atoms with Crippen molar-refractivity contribution in [2.45, 2.75) is 31.7 Å². The Labute approximate surface area is 179 Å². The SMILES string of the molecule is CNc1nc(N[C@@H](C)c2cccc(NC(=O)c3ccc(C4CC4)s3)c2)cnc1C=N. The predicted octanol–water partition coefficient (Wildman–Crippen LogP) is 4.88. The van der Waals surface area contributed by atoms with E-state index in [-0.39, 0.29) is 11.9 Å². The number of anilines is 3. The molecule has 1 amide bonds. The minimum absolute atomic E-state index is 0.0464. The summed E-state index contributed by atoms with van der Waals surface area (Å²) in [5, 5.41) is 16.7. The number of benzene rings is 1. The second-order valence-electron chi connectivity index (χ2n) is 7.31. The molecule has 30 heavy (non-hydrogen) atoms. The summed E-state index contributed by atoms with van der Waals surface area (Å²) in [4.78, 5) is 23.4. The second kappa shape index (κ2) is 8.62. The third kappa shape index (κ3) is 4.49. The molecule has 7 nitrogen and oxygen atoms in total. The normalized spacial score (nSPS) is 14.1. The molecule has 0 aliphatic heterocycles. The molecule has 0 saturated heterocycles. The number of aromatic nitrogens is 2. The summed E-state index contributed by atoms with van der Waals surface area (Å²) in [6.45, 7) is 2.02. The summed E-state index contributed by atoms with van der Waals surface area (Å²) in [6, 6.07) is 11.7. The van der Waals surface area contributed by atoms with Gasteiger partial charge in [-0.1, -0.05) is 12.1 Å². The predicted molar refractivity (Wildman–Crippen MR) is 122 cm³/mol. The standard InChI is InChI=1S/C22H24N6OS/c1-13(26-20-12-25-17(11-23)21(24-2)28-20)15-4-3-5-16(10-15)27-22(29)19-9-8-18(30-19)14-6-7-14/h3-5,8-14,23H,6-7H2,1-2H3,(H,27,29)(H2,24,26,28)/t13-/m0/s1. The minimum Gasteiger partial charge on any atom is -0.371 e. The van der Waals surface area contributed by atoms with Crippen molar-refractivity contribution in [3.8, 4) is 0 Å². The quantitative estimate of drug-likeness (QED) is 0.389. The maximum absolute atomic E-state index is 12.6. The number of hydrogen-bond acceptors (Lipinski definition) is 7. The lowest BCUT2D eigenvalue weighted by Crippen LogP contribution is -2.12. The molecule has 1 aromatic carbocycles. The fourth-order valence-electron chi connectivity index (χ4n) is 3.20. The van der Waals surface area contributed by atoms with Crippen LogP contribution in [-0.4, -0.2) is 29.1 Å². The minimum atomic E-state index is -0.0728. The zero-order valence-electron chi connectivity index (χ0n) is 16.9. The molecule has 1 atom stereocenters.